The van der Waals surface area contributed by atoms with Crippen LogP contribution in [-0.4, -0.2) is 44.8 Å². The van der Waals surface area contributed by atoms with Crippen molar-refractivity contribution in [3.05, 3.63) is 118 Å². The minimum absolute atomic E-state index is 0.00411. The fourth-order valence-corrected chi connectivity index (χ4v) is 6.70. The zero-order chi connectivity index (χ0) is 31.9. The Morgan fingerprint density at radius 1 is 0.711 bits per heavy atom. The number of aromatic nitrogens is 4. The first-order chi connectivity index (χ1) is 21.8. The predicted octanol–water partition coefficient (Wildman–Crippen LogP) is 6.22. The van der Waals surface area contributed by atoms with Crippen LogP contribution < -0.4 is 5.73 Å². The molecule has 0 aliphatic heterocycles. The van der Waals surface area contributed by atoms with Gasteiger partial charge in [-0.05, 0) is 68.7 Å². The molecule has 8 nitrogen and oxygen atoms in total. The normalized spacial score (nSPS) is 15.9. The van der Waals surface area contributed by atoms with Gasteiger partial charge >= 0.3 is 5.97 Å². The number of hydrogen-bond donors (Lipinski definition) is 1. The molecule has 0 spiro atoms. The van der Waals surface area contributed by atoms with Crippen molar-refractivity contribution in [3.8, 4) is 0 Å². The second-order valence-corrected chi connectivity index (χ2v) is 12.4. The van der Waals surface area contributed by atoms with E-state index < -0.39 is 0 Å². The zero-order valence-corrected chi connectivity index (χ0v) is 26.6. The van der Waals surface area contributed by atoms with E-state index in [1.54, 1.807) is 31.7 Å². The lowest BCUT2D eigenvalue weighted by atomic mass is 9.61. The average Bonchev–Trinajstić information content (AvgIpc) is 3.02. The van der Waals surface area contributed by atoms with Gasteiger partial charge in [-0.15, -0.1) is 0 Å². The molecule has 2 heterocycles. The first kappa shape index (κ1) is 32.1. The Hall–Kier alpha value is -4.30. The fourth-order valence-electron chi connectivity index (χ4n) is 6.70. The number of rotatable bonds is 10. The van der Waals surface area contributed by atoms with Crippen LogP contribution in [0.3, 0.4) is 0 Å². The SMILES string of the molecule is CCOC(=O)c1cnc(CC2(c3ccccc3C)CCC2)nc1.Cc1ccccc1C1(Cc2ncc(C(=O)CN)cn2)CCC1. The molecule has 2 aliphatic carbocycles. The summed E-state index contributed by atoms with van der Waals surface area (Å²) >= 11 is 0. The average molecular weight is 606 g/mol. The zero-order valence-electron chi connectivity index (χ0n) is 26.6. The highest BCUT2D eigenvalue weighted by Gasteiger charge is 2.41. The van der Waals surface area contributed by atoms with Crippen molar-refractivity contribution >= 4 is 11.8 Å². The summed E-state index contributed by atoms with van der Waals surface area (Å²) in [6.07, 6.45) is 15.2. The van der Waals surface area contributed by atoms with E-state index in [0.29, 0.717) is 17.7 Å². The van der Waals surface area contributed by atoms with Crippen LogP contribution in [0.2, 0.25) is 0 Å². The molecule has 0 saturated heterocycles. The predicted molar refractivity (Wildman–Crippen MR) is 174 cm³/mol. The molecule has 2 N–H and O–H groups in total. The first-order valence-electron chi connectivity index (χ1n) is 15.9. The van der Waals surface area contributed by atoms with Gasteiger partial charge in [0.15, 0.2) is 5.78 Å². The molecule has 0 amide bonds. The summed E-state index contributed by atoms with van der Waals surface area (Å²) in [7, 11) is 0. The van der Waals surface area contributed by atoms with Crippen molar-refractivity contribution in [2.75, 3.05) is 13.2 Å². The largest absolute Gasteiger partial charge is 0.462 e. The quantitative estimate of drug-likeness (QED) is 0.167. The Labute approximate surface area is 265 Å². The van der Waals surface area contributed by atoms with Gasteiger partial charge in [-0.25, -0.2) is 24.7 Å². The number of carbonyl (C=O) groups is 2. The number of esters is 1. The Balaban J connectivity index is 0.000000178. The van der Waals surface area contributed by atoms with Crippen LogP contribution in [0.15, 0.2) is 73.3 Å². The van der Waals surface area contributed by atoms with Crippen LogP contribution in [-0.2, 0) is 28.4 Å². The maximum atomic E-state index is 11.7. The maximum Gasteiger partial charge on any atom is 0.341 e. The van der Waals surface area contributed by atoms with E-state index in [4.69, 9.17) is 10.5 Å². The van der Waals surface area contributed by atoms with Crippen molar-refractivity contribution in [2.45, 2.75) is 83.0 Å². The Bertz CT molecular complexity index is 1610. The van der Waals surface area contributed by atoms with Gasteiger partial charge in [0, 0.05) is 48.5 Å². The standard InChI is InChI=1S/C19H22N2O2.C18H21N3O/c1-3-23-18(22)15-12-20-17(21-13-15)11-19(9-6-10-19)16-8-5-4-7-14(16)2;1-13-5-2-3-6-15(13)18(7-4-8-18)9-17-20-11-14(12-21-17)16(22)10-19/h4-5,7-8,12-13H,3,6,9-11H2,1-2H3;2-3,5-6,11-12H,4,7-10,19H2,1H3. The third-order valence-corrected chi connectivity index (χ3v) is 9.48. The molecule has 4 aromatic rings. The van der Waals surface area contributed by atoms with E-state index in [0.717, 1.165) is 24.5 Å². The van der Waals surface area contributed by atoms with Gasteiger partial charge in [0.25, 0.3) is 0 Å². The van der Waals surface area contributed by atoms with Gasteiger partial charge in [-0.1, -0.05) is 61.4 Å². The number of nitrogens with zero attached hydrogens (tertiary/aromatic N) is 4. The lowest BCUT2D eigenvalue weighted by Gasteiger charge is -2.43. The van der Waals surface area contributed by atoms with Gasteiger partial charge in [0.05, 0.1) is 24.3 Å². The van der Waals surface area contributed by atoms with Gasteiger partial charge in [0.2, 0.25) is 0 Å². The second-order valence-electron chi connectivity index (χ2n) is 12.4. The molecule has 6 rings (SSSR count). The minimum Gasteiger partial charge on any atom is -0.462 e. The van der Waals surface area contributed by atoms with E-state index in [9.17, 15) is 9.59 Å². The third kappa shape index (κ3) is 7.17. The van der Waals surface area contributed by atoms with Crippen LogP contribution in [0.5, 0.6) is 0 Å². The Kier molecular flexibility index (Phi) is 10.1. The summed E-state index contributed by atoms with van der Waals surface area (Å²) in [5, 5.41) is 0. The number of Topliss-reactive ketones (excluding diaryl/α,β-unsaturated/α-hetero) is 1. The molecule has 0 atom stereocenters. The Morgan fingerprint density at radius 2 is 1.13 bits per heavy atom. The molecule has 234 valence electrons. The molecule has 45 heavy (non-hydrogen) atoms. The summed E-state index contributed by atoms with van der Waals surface area (Å²) in [5.41, 5.74) is 12.0. The summed E-state index contributed by atoms with van der Waals surface area (Å²) in [4.78, 5) is 40.8. The van der Waals surface area contributed by atoms with Crippen LogP contribution in [0.1, 0.15) is 100 Å². The Morgan fingerprint density at radius 3 is 1.49 bits per heavy atom. The van der Waals surface area contributed by atoms with Crippen LogP contribution in [0.4, 0.5) is 0 Å². The number of ether oxygens (including phenoxy) is 1. The first-order valence-corrected chi connectivity index (χ1v) is 15.9. The molecule has 8 heteroatoms. The molecule has 2 aromatic heterocycles. The van der Waals surface area contributed by atoms with Gasteiger partial charge in [-0.2, -0.15) is 0 Å². The number of nitrogens with two attached hydrogens (primary N) is 1. The fraction of sp³-hybridized carbons (Fsp3) is 0.405. The third-order valence-electron chi connectivity index (χ3n) is 9.48. The highest BCUT2D eigenvalue weighted by Crippen LogP contribution is 2.47. The molecule has 0 unspecified atom stereocenters. The van der Waals surface area contributed by atoms with E-state index in [-0.39, 0.29) is 29.1 Å². The summed E-state index contributed by atoms with van der Waals surface area (Å²) in [5.74, 6) is 1.11. The molecular weight excluding hydrogens is 562 g/mol. The molecule has 2 fully saturated rings. The monoisotopic (exact) mass is 605 g/mol. The van der Waals surface area contributed by atoms with Crippen molar-refractivity contribution < 1.29 is 14.3 Å². The van der Waals surface area contributed by atoms with Crippen LogP contribution >= 0.6 is 0 Å². The highest BCUT2D eigenvalue weighted by atomic mass is 16.5. The summed E-state index contributed by atoms with van der Waals surface area (Å²) in [6.45, 7) is 6.47. The molecule has 2 aliphatic rings. The second kappa shape index (κ2) is 14.2. The highest BCUT2D eigenvalue weighted by molar-refractivity contribution is 5.96. The number of benzene rings is 2. The smallest absolute Gasteiger partial charge is 0.341 e. The molecule has 2 saturated carbocycles. The van der Waals surface area contributed by atoms with E-state index in [2.05, 4.69) is 82.3 Å². The molecule has 0 radical (unpaired) electrons. The minimum atomic E-state index is -0.365. The molecule has 0 bridgehead atoms. The van der Waals surface area contributed by atoms with Crippen molar-refractivity contribution in [1.82, 2.24) is 19.9 Å². The molecular formula is C37H43N5O3. The van der Waals surface area contributed by atoms with E-state index in [1.807, 2.05) is 0 Å². The molecule has 2 aromatic carbocycles. The van der Waals surface area contributed by atoms with Crippen molar-refractivity contribution in [1.29, 1.82) is 0 Å². The number of hydrogen-bond acceptors (Lipinski definition) is 8. The van der Waals surface area contributed by atoms with E-state index in [1.165, 1.54) is 60.8 Å². The lowest BCUT2D eigenvalue weighted by molar-refractivity contribution is 0.0525. The van der Waals surface area contributed by atoms with Gasteiger partial charge in [0.1, 0.15) is 11.6 Å². The van der Waals surface area contributed by atoms with Crippen LogP contribution in [0, 0.1) is 13.8 Å². The van der Waals surface area contributed by atoms with Crippen molar-refractivity contribution in [2.24, 2.45) is 5.73 Å². The summed E-state index contributed by atoms with van der Waals surface area (Å²) in [6, 6.07) is 17.1. The summed E-state index contributed by atoms with van der Waals surface area (Å²) < 4.78 is 4.97. The van der Waals surface area contributed by atoms with Gasteiger partial charge < -0.3 is 10.5 Å². The number of carbonyl (C=O) groups excluding carboxylic acids is 2. The maximum absolute atomic E-state index is 11.7. The number of ketones is 1. The topological polar surface area (TPSA) is 121 Å². The van der Waals surface area contributed by atoms with Crippen LogP contribution in [0.25, 0.3) is 0 Å². The number of aryl methyl sites for hydroxylation is 2. The van der Waals surface area contributed by atoms with E-state index >= 15 is 0 Å². The van der Waals surface area contributed by atoms with Crippen molar-refractivity contribution in [3.63, 3.8) is 0 Å². The van der Waals surface area contributed by atoms with Gasteiger partial charge in [-0.3, -0.25) is 4.79 Å². The lowest BCUT2D eigenvalue weighted by Crippen LogP contribution is -2.37.